The summed E-state index contributed by atoms with van der Waals surface area (Å²) in [5.74, 6) is 6.51. The average Bonchev–Trinajstić information content (AvgIpc) is 2.18. The van der Waals surface area contributed by atoms with Crippen molar-refractivity contribution in [2.75, 3.05) is 14.1 Å². The molecule has 1 heteroatoms. The molecule has 0 aromatic heterocycles. The second-order valence-electron chi connectivity index (χ2n) is 3.75. The molecule has 15 heavy (non-hydrogen) atoms. The minimum atomic E-state index is 0.190. The van der Waals surface area contributed by atoms with E-state index in [1.807, 2.05) is 20.2 Å². The van der Waals surface area contributed by atoms with Crippen molar-refractivity contribution in [2.45, 2.75) is 6.42 Å². The van der Waals surface area contributed by atoms with Gasteiger partial charge in [-0.3, -0.25) is 0 Å². The lowest BCUT2D eigenvalue weighted by Crippen LogP contribution is -2.13. The molecule has 0 N–H and O–H groups in total. The van der Waals surface area contributed by atoms with E-state index in [1.54, 1.807) is 0 Å². The van der Waals surface area contributed by atoms with Crippen LogP contribution in [0.25, 0.3) is 0 Å². The Morgan fingerprint density at radius 3 is 3.07 bits per heavy atom. The van der Waals surface area contributed by atoms with Crippen LogP contribution < -0.4 is 0 Å². The van der Waals surface area contributed by atoms with Crippen molar-refractivity contribution in [3.8, 4) is 11.8 Å². The lowest BCUT2D eigenvalue weighted by molar-refractivity contribution is 0.526. The Balaban J connectivity index is 2.46. The molecule has 0 radical (unpaired) electrons. The van der Waals surface area contributed by atoms with Gasteiger partial charge >= 0.3 is 0 Å². The molecule has 1 nitrogen and oxygen atoms in total. The van der Waals surface area contributed by atoms with Gasteiger partial charge in [-0.05, 0) is 18.2 Å². The molecule has 0 amide bonds. The first-order valence-electron chi connectivity index (χ1n) is 5.03. The topological polar surface area (TPSA) is 3.24 Å². The largest absolute Gasteiger partial charge is 0.378 e. The average molecular weight is 195 g/mol. The standard InChI is InChI=1S/C14H13N/c1-15(2)14-10-9-12-7-5-3-4-6-8-13(12)11-14/h4,9-12H,3H2,1-2H3. The smallest absolute Gasteiger partial charge is 0.0716 e. The van der Waals surface area contributed by atoms with Crippen molar-refractivity contribution in [2.24, 2.45) is 5.92 Å². The third-order valence-corrected chi connectivity index (χ3v) is 2.39. The van der Waals surface area contributed by atoms with Gasteiger partial charge in [0.15, 0.2) is 0 Å². The summed E-state index contributed by atoms with van der Waals surface area (Å²) in [5, 5.41) is 0. The maximum absolute atomic E-state index is 3.21. The number of allylic oxidation sites excluding steroid dienone is 5. The highest BCUT2D eigenvalue weighted by atomic mass is 15.1. The quantitative estimate of drug-likeness (QED) is 0.458. The highest BCUT2D eigenvalue weighted by Gasteiger charge is 2.12. The molecule has 2 aliphatic rings. The Kier molecular flexibility index (Phi) is 2.66. The lowest BCUT2D eigenvalue weighted by Gasteiger charge is -2.19. The number of fused-ring (bicyclic) bond motifs is 1. The van der Waals surface area contributed by atoms with Gasteiger partial charge in [0.1, 0.15) is 0 Å². The molecule has 74 valence electrons. The Morgan fingerprint density at radius 1 is 1.40 bits per heavy atom. The van der Waals surface area contributed by atoms with Crippen LogP contribution in [0.2, 0.25) is 0 Å². The predicted octanol–water partition coefficient (Wildman–Crippen LogP) is 2.26. The summed E-state index contributed by atoms with van der Waals surface area (Å²) in [7, 11) is 4.07. The summed E-state index contributed by atoms with van der Waals surface area (Å²) in [4.78, 5) is 2.08. The van der Waals surface area contributed by atoms with Gasteiger partial charge in [-0.2, -0.15) is 0 Å². The summed E-state index contributed by atoms with van der Waals surface area (Å²) in [5.41, 5.74) is 8.48. The van der Waals surface area contributed by atoms with Gasteiger partial charge in [0.05, 0.1) is 5.92 Å². The monoisotopic (exact) mass is 195 g/mol. The first-order valence-corrected chi connectivity index (χ1v) is 5.03. The van der Waals surface area contributed by atoms with Crippen molar-refractivity contribution in [3.05, 3.63) is 47.0 Å². The molecule has 0 bridgehead atoms. The fourth-order valence-corrected chi connectivity index (χ4v) is 1.52. The Hall–Kier alpha value is -1.86. The van der Waals surface area contributed by atoms with E-state index in [-0.39, 0.29) is 5.92 Å². The second-order valence-corrected chi connectivity index (χ2v) is 3.75. The molecular formula is C14H13N. The van der Waals surface area contributed by atoms with E-state index >= 15 is 0 Å². The fourth-order valence-electron chi connectivity index (χ4n) is 1.52. The van der Waals surface area contributed by atoms with Gasteiger partial charge in [0.2, 0.25) is 0 Å². The van der Waals surface area contributed by atoms with Crippen LogP contribution in [0.5, 0.6) is 0 Å². The first-order chi connectivity index (χ1) is 7.27. The maximum atomic E-state index is 3.21. The van der Waals surface area contributed by atoms with Gasteiger partial charge < -0.3 is 4.90 Å². The van der Waals surface area contributed by atoms with Crippen LogP contribution in [0, 0.1) is 17.8 Å². The van der Waals surface area contributed by atoms with Crippen LogP contribution >= 0.6 is 0 Å². The van der Waals surface area contributed by atoms with E-state index in [9.17, 15) is 0 Å². The zero-order valence-corrected chi connectivity index (χ0v) is 9.04. The molecule has 0 spiro atoms. The third kappa shape index (κ3) is 2.14. The molecule has 0 saturated heterocycles. The zero-order valence-electron chi connectivity index (χ0n) is 9.04. The molecule has 0 aromatic rings. The highest BCUT2D eigenvalue weighted by Crippen LogP contribution is 2.22. The molecule has 1 unspecified atom stereocenters. The number of rotatable bonds is 1. The van der Waals surface area contributed by atoms with Crippen LogP contribution in [-0.4, -0.2) is 19.0 Å². The Morgan fingerprint density at radius 2 is 2.27 bits per heavy atom. The van der Waals surface area contributed by atoms with Gasteiger partial charge in [-0.15, -0.1) is 0 Å². The molecule has 0 heterocycles. The van der Waals surface area contributed by atoms with E-state index in [1.165, 1.54) is 5.70 Å². The van der Waals surface area contributed by atoms with Crippen molar-refractivity contribution < 1.29 is 0 Å². The zero-order chi connectivity index (χ0) is 10.7. The predicted molar refractivity (Wildman–Crippen MR) is 61.9 cm³/mol. The Labute approximate surface area is 90.8 Å². The molecule has 0 fully saturated rings. The van der Waals surface area contributed by atoms with Crippen LogP contribution in [0.1, 0.15) is 6.42 Å². The highest BCUT2D eigenvalue weighted by molar-refractivity contribution is 5.43. The molecule has 0 saturated carbocycles. The number of hydrogen-bond donors (Lipinski definition) is 0. The third-order valence-electron chi connectivity index (χ3n) is 2.39. The molecule has 1 atom stereocenters. The Bertz CT molecular complexity index is 479. The van der Waals surface area contributed by atoms with Gasteiger partial charge in [0.25, 0.3) is 0 Å². The summed E-state index contributed by atoms with van der Waals surface area (Å²) < 4.78 is 0. The maximum Gasteiger partial charge on any atom is 0.0716 e. The van der Waals surface area contributed by atoms with Crippen molar-refractivity contribution >= 4 is 0 Å². The minimum absolute atomic E-state index is 0.190. The summed E-state index contributed by atoms with van der Waals surface area (Å²) in [6.45, 7) is 0. The van der Waals surface area contributed by atoms with Crippen molar-refractivity contribution in [3.63, 3.8) is 0 Å². The minimum Gasteiger partial charge on any atom is -0.378 e. The molecule has 0 aliphatic heterocycles. The molecule has 2 aliphatic carbocycles. The van der Waals surface area contributed by atoms with E-state index in [4.69, 9.17) is 0 Å². The molecular weight excluding hydrogens is 182 g/mol. The number of hydrogen-bond acceptors (Lipinski definition) is 1. The SMILES string of the molecule is CN(C)C1=CC2=C=C=CCC#CC2C=C1. The summed E-state index contributed by atoms with van der Waals surface area (Å²) in [6.07, 6.45) is 9.03. The van der Waals surface area contributed by atoms with Crippen LogP contribution in [0.4, 0.5) is 0 Å². The van der Waals surface area contributed by atoms with E-state index in [0.29, 0.717) is 0 Å². The lowest BCUT2D eigenvalue weighted by atomic mass is 9.93. The van der Waals surface area contributed by atoms with Gasteiger partial charge in [-0.1, -0.05) is 29.4 Å². The normalized spacial score (nSPS) is 21.6. The van der Waals surface area contributed by atoms with Crippen LogP contribution in [0.3, 0.4) is 0 Å². The van der Waals surface area contributed by atoms with Crippen LogP contribution in [-0.2, 0) is 0 Å². The van der Waals surface area contributed by atoms with Gasteiger partial charge in [0, 0.05) is 31.8 Å². The van der Waals surface area contributed by atoms with Crippen molar-refractivity contribution in [1.29, 1.82) is 0 Å². The van der Waals surface area contributed by atoms with E-state index in [0.717, 1.165) is 12.0 Å². The van der Waals surface area contributed by atoms with Gasteiger partial charge in [-0.25, -0.2) is 0 Å². The molecule has 0 aromatic carbocycles. The summed E-state index contributed by atoms with van der Waals surface area (Å²) >= 11 is 0. The number of likely N-dealkylation sites (N-methyl/N-ethyl adjacent to an activating group) is 1. The molecule has 2 rings (SSSR count). The van der Waals surface area contributed by atoms with E-state index in [2.05, 4.69) is 46.4 Å². The number of nitrogens with zero attached hydrogens (tertiary/aromatic N) is 1. The first kappa shape index (κ1) is 9.69. The van der Waals surface area contributed by atoms with E-state index < -0.39 is 0 Å². The second kappa shape index (κ2) is 4.11. The fraction of sp³-hybridized carbons (Fsp3) is 0.286. The summed E-state index contributed by atoms with van der Waals surface area (Å²) in [6, 6.07) is 0. The van der Waals surface area contributed by atoms with Crippen LogP contribution in [0.15, 0.2) is 47.0 Å². The van der Waals surface area contributed by atoms with Crippen molar-refractivity contribution in [1.82, 2.24) is 4.90 Å².